The summed E-state index contributed by atoms with van der Waals surface area (Å²) < 4.78 is 48.7. The highest BCUT2D eigenvalue weighted by Gasteiger charge is 2.29. The normalized spacial score (nSPS) is 11.5. The average Bonchev–Trinajstić information content (AvgIpc) is 2.54. The van der Waals surface area contributed by atoms with Gasteiger partial charge in [0.05, 0.1) is 16.3 Å². The Morgan fingerprint density at radius 3 is 2.38 bits per heavy atom. The number of thioether (sulfide) groups is 1. The second kappa shape index (κ2) is 7.96. The van der Waals surface area contributed by atoms with E-state index in [9.17, 15) is 22.0 Å². The van der Waals surface area contributed by atoms with Crippen LogP contribution in [0.3, 0.4) is 0 Å². The molecule has 0 heterocycles. The third-order valence-corrected chi connectivity index (χ3v) is 5.59. The first-order valence-corrected chi connectivity index (χ1v) is 9.51. The molecule has 0 saturated carbocycles. The second-order valence-corrected chi connectivity index (χ2v) is 7.96. The van der Waals surface area contributed by atoms with Crippen LogP contribution in [0.15, 0.2) is 58.3 Å². The van der Waals surface area contributed by atoms with E-state index in [4.69, 9.17) is 11.6 Å². The maximum atomic E-state index is 12.7. The molecule has 0 radical (unpaired) electrons. The zero-order valence-electron chi connectivity index (χ0n) is 12.1. The van der Waals surface area contributed by atoms with Gasteiger partial charge in [-0.3, -0.25) is 4.79 Å². The molecule has 4 nitrogen and oxygen atoms in total. The number of carbonyl (C=O) groups excluding carboxylic acids is 1. The fourth-order valence-corrected chi connectivity index (χ4v) is 3.49. The summed E-state index contributed by atoms with van der Waals surface area (Å²) in [5.74, 6) is -4.07. The molecule has 2 aromatic carbocycles. The number of rotatable bonds is 6. The van der Waals surface area contributed by atoms with Gasteiger partial charge in [0.2, 0.25) is 15.7 Å². The van der Waals surface area contributed by atoms with Crippen LogP contribution in [0.2, 0.25) is 5.02 Å². The van der Waals surface area contributed by atoms with Crippen molar-refractivity contribution in [1.29, 1.82) is 0 Å². The van der Waals surface area contributed by atoms with E-state index in [1.54, 1.807) is 24.3 Å². The lowest BCUT2D eigenvalue weighted by molar-refractivity contribution is -0.113. The first kappa shape index (κ1) is 18.7. The highest BCUT2D eigenvalue weighted by atomic mass is 35.5. The van der Waals surface area contributed by atoms with E-state index in [-0.39, 0.29) is 11.4 Å². The van der Waals surface area contributed by atoms with Gasteiger partial charge >= 0.3 is 5.76 Å². The SMILES string of the molecule is O=C(CSc1ccc(Cl)cc1)Nc1ccccc1S(=O)(=O)C(F)F. The van der Waals surface area contributed by atoms with E-state index in [0.29, 0.717) is 5.02 Å². The molecule has 0 bridgehead atoms. The maximum Gasteiger partial charge on any atom is 0.341 e. The molecule has 0 atom stereocenters. The fraction of sp³-hybridized carbons (Fsp3) is 0.133. The van der Waals surface area contributed by atoms with Crippen molar-refractivity contribution in [3.63, 3.8) is 0 Å². The van der Waals surface area contributed by atoms with Crippen molar-refractivity contribution < 1.29 is 22.0 Å². The van der Waals surface area contributed by atoms with Gasteiger partial charge in [0.1, 0.15) is 0 Å². The molecule has 0 spiro atoms. The fourth-order valence-electron chi connectivity index (χ4n) is 1.78. The van der Waals surface area contributed by atoms with Crippen molar-refractivity contribution >= 4 is 44.8 Å². The van der Waals surface area contributed by atoms with Crippen molar-refractivity contribution in [3.05, 3.63) is 53.6 Å². The Bertz CT molecular complexity index is 827. The summed E-state index contributed by atoms with van der Waals surface area (Å²) in [6, 6.07) is 11.9. The number of hydrogen-bond acceptors (Lipinski definition) is 4. The van der Waals surface area contributed by atoms with Crippen LogP contribution in [0.1, 0.15) is 0 Å². The molecular weight excluding hydrogens is 380 g/mol. The molecule has 0 saturated heterocycles. The standard InChI is InChI=1S/C15H12ClF2NO3S2/c16-10-5-7-11(8-6-10)23-9-14(20)19-12-3-1-2-4-13(12)24(21,22)15(17)18/h1-8,15H,9H2,(H,19,20). The van der Waals surface area contributed by atoms with Crippen molar-refractivity contribution in [2.24, 2.45) is 0 Å². The number of para-hydroxylation sites is 1. The number of halogens is 3. The van der Waals surface area contributed by atoms with Gasteiger partial charge in [0.15, 0.2) is 0 Å². The molecule has 0 unspecified atom stereocenters. The number of amides is 1. The van der Waals surface area contributed by atoms with E-state index in [0.717, 1.165) is 11.0 Å². The lowest BCUT2D eigenvalue weighted by Gasteiger charge is -2.11. The average molecular weight is 392 g/mol. The Balaban J connectivity index is 2.08. The van der Waals surface area contributed by atoms with Crippen LogP contribution in [0.4, 0.5) is 14.5 Å². The van der Waals surface area contributed by atoms with E-state index < -0.39 is 26.4 Å². The molecule has 2 rings (SSSR count). The zero-order chi connectivity index (χ0) is 17.7. The van der Waals surface area contributed by atoms with Gasteiger partial charge < -0.3 is 5.32 Å². The smallest absolute Gasteiger partial charge is 0.324 e. The van der Waals surface area contributed by atoms with Gasteiger partial charge in [-0.2, -0.15) is 8.78 Å². The van der Waals surface area contributed by atoms with Crippen LogP contribution in [0.5, 0.6) is 0 Å². The predicted molar refractivity (Wildman–Crippen MR) is 90.4 cm³/mol. The van der Waals surface area contributed by atoms with Crippen LogP contribution in [-0.4, -0.2) is 25.8 Å². The number of benzene rings is 2. The molecule has 1 amide bonds. The van der Waals surface area contributed by atoms with Crippen LogP contribution in [0, 0.1) is 0 Å². The Morgan fingerprint density at radius 2 is 1.75 bits per heavy atom. The predicted octanol–water partition coefficient (Wildman–Crippen LogP) is 4.07. The van der Waals surface area contributed by atoms with Crippen LogP contribution in [-0.2, 0) is 14.6 Å². The largest absolute Gasteiger partial charge is 0.341 e. The number of sulfone groups is 1. The van der Waals surface area contributed by atoms with Crippen LogP contribution < -0.4 is 5.32 Å². The molecule has 128 valence electrons. The van der Waals surface area contributed by atoms with Crippen molar-refractivity contribution in [2.75, 3.05) is 11.1 Å². The van der Waals surface area contributed by atoms with Gasteiger partial charge in [0.25, 0.3) is 0 Å². The Labute approximate surface area is 147 Å². The number of nitrogens with one attached hydrogen (secondary N) is 1. The summed E-state index contributed by atoms with van der Waals surface area (Å²) in [4.78, 5) is 12.1. The van der Waals surface area contributed by atoms with Crippen molar-refractivity contribution in [2.45, 2.75) is 15.5 Å². The third-order valence-electron chi connectivity index (χ3n) is 2.89. The highest BCUT2D eigenvalue weighted by molar-refractivity contribution is 8.00. The van der Waals surface area contributed by atoms with E-state index in [1.807, 2.05) is 0 Å². The Morgan fingerprint density at radius 1 is 1.12 bits per heavy atom. The quantitative estimate of drug-likeness (QED) is 0.754. The highest BCUT2D eigenvalue weighted by Crippen LogP contribution is 2.27. The Hall–Kier alpha value is -1.64. The summed E-state index contributed by atoms with van der Waals surface area (Å²) in [5.41, 5.74) is -0.167. The minimum absolute atomic E-state index is 0.00923. The lowest BCUT2D eigenvalue weighted by Crippen LogP contribution is -2.18. The van der Waals surface area contributed by atoms with E-state index in [1.165, 1.54) is 30.0 Å². The third kappa shape index (κ3) is 4.68. The Kier molecular flexibility index (Phi) is 6.20. The summed E-state index contributed by atoms with van der Waals surface area (Å²) in [5, 5.41) is 2.92. The minimum atomic E-state index is -4.79. The first-order valence-electron chi connectivity index (χ1n) is 6.60. The number of carbonyl (C=O) groups is 1. The summed E-state index contributed by atoms with van der Waals surface area (Å²) in [6.07, 6.45) is 0. The molecular formula is C15H12ClF2NO3S2. The van der Waals surface area contributed by atoms with Gasteiger partial charge in [0, 0.05) is 9.92 Å². The molecule has 24 heavy (non-hydrogen) atoms. The van der Waals surface area contributed by atoms with Crippen LogP contribution >= 0.6 is 23.4 Å². The zero-order valence-corrected chi connectivity index (χ0v) is 14.5. The number of hydrogen-bond donors (Lipinski definition) is 1. The number of anilines is 1. The molecule has 0 aliphatic rings. The van der Waals surface area contributed by atoms with Crippen molar-refractivity contribution in [1.82, 2.24) is 0 Å². The molecule has 0 aliphatic carbocycles. The summed E-state index contributed by atoms with van der Waals surface area (Å²) in [6.45, 7) is 0. The lowest BCUT2D eigenvalue weighted by atomic mass is 10.3. The van der Waals surface area contributed by atoms with Gasteiger partial charge in [-0.1, -0.05) is 23.7 Å². The molecule has 0 aromatic heterocycles. The second-order valence-electron chi connectivity index (χ2n) is 4.59. The summed E-state index contributed by atoms with van der Waals surface area (Å²) >= 11 is 6.97. The molecule has 2 aromatic rings. The monoisotopic (exact) mass is 391 g/mol. The molecule has 1 N–H and O–H groups in total. The van der Waals surface area contributed by atoms with E-state index in [2.05, 4.69) is 5.32 Å². The number of alkyl halides is 2. The van der Waals surface area contributed by atoms with Gasteiger partial charge in [-0.15, -0.1) is 11.8 Å². The molecule has 9 heteroatoms. The van der Waals surface area contributed by atoms with E-state index >= 15 is 0 Å². The maximum absolute atomic E-state index is 12.7. The topological polar surface area (TPSA) is 63.2 Å². The summed E-state index contributed by atoms with van der Waals surface area (Å²) in [7, 11) is -4.79. The minimum Gasteiger partial charge on any atom is -0.324 e. The van der Waals surface area contributed by atoms with Crippen LogP contribution in [0.25, 0.3) is 0 Å². The molecule has 0 aliphatic heterocycles. The first-order chi connectivity index (χ1) is 11.3. The van der Waals surface area contributed by atoms with Crippen molar-refractivity contribution in [3.8, 4) is 0 Å². The van der Waals surface area contributed by atoms with Gasteiger partial charge in [-0.25, -0.2) is 8.42 Å². The molecule has 0 fully saturated rings. The van der Waals surface area contributed by atoms with Gasteiger partial charge in [-0.05, 0) is 36.4 Å².